The lowest BCUT2D eigenvalue weighted by Crippen LogP contribution is -2.07. The van der Waals surface area contributed by atoms with Crippen molar-refractivity contribution in [1.29, 1.82) is 0 Å². The zero-order valence-electron chi connectivity index (χ0n) is 8.70. The summed E-state index contributed by atoms with van der Waals surface area (Å²) in [5.74, 6) is 0.814. The molecule has 0 radical (unpaired) electrons. The molecule has 0 fully saturated rings. The maximum Gasteiger partial charge on any atom is 0.130 e. The molecule has 78 valence electrons. The first kappa shape index (κ1) is 9.86. The second-order valence-electron chi connectivity index (χ2n) is 3.45. The molecule has 0 bridgehead atoms. The van der Waals surface area contributed by atoms with Crippen LogP contribution in [0.25, 0.3) is 11.3 Å². The van der Waals surface area contributed by atoms with Crippen molar-refractivity contribution in [3.05, 3.63) is 36.0 Å². The third-order valence-electron chi connectivity index (χ3n) is 2.16. The molecule has 0 spiro atoms. The van der Waals surface area contributed by atoms with Gasteiger partial charge in [-0.2, -0.15) is 0 Å². The van der Waals surface area contributed by atoms with Crippen LogP contribution < -0.4 is 5.73 Å². The van der Waals surface area contributed by atoms with Crippen molar-refractivity contribution in [3.63, 3.8) is 0 Å². The molecule has 2 rings (SSSR count). The third-order valence-corrected chi connectivity index (χ3v) is 2.16. The van der Waals surface area contributed by atoms with Gasteiger partial charge in [0.1, 0.15) is 5.82 Å². The summed E-state index contributed by atoms with van der Waals surface area (Å²) in [6, 6.07) is 3.97. The monoisotopic (exact) mass is 202 g/mol. The largest absolute Gasteiger partial charge is 0.367 e. The normalized spacial score (nSPS) is 10.5. The summed E-state index contributed by atoms with van der Waals surface area (Å²) in [5.41, 5.74) is 8.50. The topological polar surface area (TPSA) is 67.6 Å². The Kier molecular flexibility index (Phi) is 2.78. The number of nitrogens with two attached hydrogens (primary N) is 1. The van der Waals surface area contributed by atoms with Gasteiger partial charge in [0.05, 0.1) is 5.69 Å². The average molecular weight is 202 g/mol. The van der Waals surface area contributed by atoms with Gasteiger partial charge in [0.2, 0.25) is 0 Å². The van der Waals surface area contributed by atoms with Gasteiger partial charge in [-0.15, -0.1) is 0 Å². The van der Waals surface area contributed by atoms with E-state index in [4.69, 9.17) is 5.73 Å². The van der Waals surface area contributed by atoms with E-state index in [2.05, 4.69) is 15.0 Å². The third kappa shape index (κ3) is 2.22. The molecule has 0 aromatic carbocycles. The number of rotatable bonds is 3. The van der Waals surface area contributed by atoms with Gasteiger partial charge in [-0.3, -0.25) is 0 Å². The molecule has 0 unspecified atom stereocenters. The van der Waals surface area contributed by atoms with Crippen LogP contribution in [-0.4, -0.2) is 21.5 Å². The van der Waals surface area contributed by atoms with Gasteiger partial charge in [0.15, 0.2) is 0 Å². The minimum atomic E-state index is 0.579. The Morgan fingerprint density at radius 1 is 1.40 bits per heavy atom. The molecule has 0 atom stereocenters. The predicted octanol–water partition coefficient (Wildman–Crippen LogP) is 1.28. The second kappa shape index (κ2) is 4.23. The summed E-state index contributed by atoms with van der Waals surface area (Å²) in [6.45, 7) is 2.55. The van der Waals surface area contributed by atoms with Crippen LogP contribution in [0.2, 0.25) is 0 Å². The van der Waals surface area contributed by atoms with E-state index in [0.29, 0.717) is 6.54 Å². The number of H-pyrrole nitrogens is 1. The fourth-order valence-corrected chi connectivity index (χ4v) is 1.50. The van der Waals surface area contributed by atoms with Gasteiger partial charge in [0, 0.05) is 30.1 Å². The number of aryl methyl sites for hydroxylation is 1. The molecule has 4 heteroatoms. The first-order valence-corrected chi connectivity index (χ1v) is 4.97. The Labute approximate surface area is 88.6 Å². The van der Waals surface area contributed by atoms with Crippen molar-refractivity contribution in [1.82, 2.24) is 15.0 Å². The lowest BCUT2D eigenvalue weighted by molar-refractivity contribution is 0.858. The highest BCUT2D eigenvalue weighted by molar-refractivity contribution is 5.58. The van der Waals surface area contributed by atoms with E-state index < -0.39 is 0 Å². The Bertz CT molecular complexity index is 434. The van der Waals surface area contributed by atoms with Gasteiger partial charge in [0.25, 0.3) is 0 Å². The highest BCUT2D eigenvalue weighted by Crippen LogP contribution is 2.16. The van der Waals surface area contributed by atoms with Crippen molar-refractivity contribution >= 4 is 0 Å². The first-order chi connectivity index (χ1) is 7.29. The van der Waals surface area contributed by atoms with Crippen molar-refractivity contribution in [3.8, 4) is 11.3 Å². The quantitative estimate of drug-likeness (QED) is 0.787. The SMILES string of the molecule is Cc1cc(-c2cc[nH]c2)nc(CCN)n1. The zero-order chi connectivity index (χ0) is 10.7. The van der Waals surface area contributed by atoms with E-state index in [-0.39, 0.29) is 0 Å². The standard InChI is InChI=1S/C11H14N4/c1-8-6-10(9-3-5-13-7-9)15-11(14-8)2-4-12/h3,5-7,13H,2,4,12H2,1H3. The minimum absolute atomic E-state index is 0.579. The zero-order valence-corrected chi connectivity index (χ0v) is 8.70. The van der Waals surface area contributed by atoms with Gasteiger partial charge in [-0.25, -0.2) is 9.97 Å². The van der Waals surface area contributed by atoms with Crippen LogP contribution in [0, 0.1) is 6.92 Å². The summed E-state index contributed by atoms with van der Waals surface area (Å²) in [5, 5.41) is 0. The van der Waals surface area contributed by atoms with Crippen LogP contribution in [0.4, 0.5) is 0 Å². The fourth-order valence-electron chi connectivity index (χ4n) is 1.50. The molecule has 0 amide bonds. The smallest absolute Gasteiger partial charge is 0.130 e. The maximum absolute atomic E-state index is 5.49. The molecule has 0 aliphatic heterocycles. The molecule has 2 aromatic heterocycles. The fraction of sp³-hybridized carbons (Fsp3) is 0.273. The molecule has 0 saturated heterocycles. The van der Waals surface area contributed by atoms with Crippen LogP contribution >= 0.6 is 0 Å². The Hall–Kier alpha value is -1.68. The van der Waals surface area contributed by atoms with Crippen LogP contribution in [0.15, 0.2) is 24.5 Å². The van der Waals surface area contributed by atoms with E-state index in [1.54, 1.807) is 0 Å². The first-order valence-electron chi connectivity index (χ1n) is 4.97. The maximum atomic E-state index is 5.49. The number of hydrogen-bond acceptors (Lipinski definition) is 3. The van der Waals surface area contributed by atoms with Crippen LogP contribution in [0.1, 0.15) is 11.5 Å². The second-order valence-corrected chi connectivity index (χ2v) is 3.45. The van der Waals surface area contributed by atoms with Gasteiger partial charge in [-0.1, -0.05) is 0 Å². The predicted molar refractivity (Wildman–Crippen MR) is 59.3 cm³/mol. The highest BCUT2D eigenvalue weighted by Gasteiger charge is 2.04. The Morgan fingerprint density at radius 2 is 2.27 bits per heavy atom. The Morgan fingerprint density at radius 3 is 2.93 bits per heavy atom. The van der Waals surface area contributed by atoms with E-state index in [1.807, 2.05) is 31.5 Å². The van der Waals surface area contributed by atoms with Gasteiger partial charge in [-0.05, 0) is 25.6 Å². The molecule has 0 saturated carbocycles. The minimum Gasteiger partial charge on any atom is -0.367 e. The van der Waals surface area contributed by atoms with Crippen LogP contribution in [-0.2, 0) is 6.42 Å². The molecule has 2 heterocycles. The number of nitrogens with one attached hydrogen (secondary N) is 1. The lowest BCUT2D eigenvalue weighted by atomic mass is 10.2. The lowest BCUT2D eigenvalue weighted by Gasteiger charge is -2.03. The summed E-state index contributed by atoms with van der Waals surface area (Å²) >= 11 is 0. The summed E-state index contributed by atoms with van der Waals surface area (Å²) < 4.78 is 0. The summed E-state index contributed by atoms with van der Waals surface area (Å²) in [6.07, 6.45) is 4.53. The van der Waals surface area contributed by atoms with Gasteiger partial charge < -0.3 is 10.7 Å². The molecule has 15 heavy (non-hydrogen) atoms. The van der Waals surface area contributed by atoms with Crippen molar-refractivity contribution in [2.45, 2.75) is 13.3 Å². The molecular weight excluding hydrogens is 188 g/mol. The molecular formula is C11H14N4. The molecule has 3 N–H and O–H groups in total. The molecule has 2 aromatic rings. The molecule has 0 aliphatic rings. The molecule has 4 nitrogen and oxygen atoms in total. The number of aromatic nitrogens is 3. The number of nitrogens with zero attached hydrogens (tertiary/aromatic N) is 2. The van der Waals surface area contributed by atoms with E-state index in [1.165, 1.54) is 0 Å². The van der Waals surface area contributed by atoms with E-state index in [9.17, 15) is 0 Å². The van der Waals surface area contributed by atoms with Crippen LogP contribution in [0.3, 0.4) is 0 Å². The van der Waals surface area contributed by atoms with Gasteiger partial charge >= 0.3 is 0 Å². The Balaban J connectivity index is 2.40. The highest BCUT2D eigenvalue weighted by atomic mass is 14.9. The van der Waals surface area contributed by atoms with Crippen molar-refractivity contribution < 1.29 is 0 Å². The van der Waals surface area contributed by atoms with Crippen molar-refractivity contribution in [2.24, 2.45) is 5.73 Å². The number of hydrogen-bond donors (Lipinski definition) is 2. The average Bonchev–Trinajstić information content (AvgIpc) is 2.70. The summed E-state index contributed by atoms with van der Waals surface area (Å²) in [4.78, 5) is 11.8. The summed E-state index contributed by atoms with van der Waals surface area (Å²) in [7, 11) is 0. The molecule has 0 aliphatic carbocycles. The van der Waals surface area contributed by atoms with Crippen LogP contribution in [0.5, 0.6) is 0 Å². The van der Waals surface area contributed by atoms with Crippen molar-refractivity contribution in [2.75, 3.05) is 6.54 Å². The number of aromatic amines is 1. The van der Waals surface area contributed by atoms with E-state index in [0.717, 1.165) is 29.2 Å². The van der Waals surface area contributed by atoms with E-state index >= 15 is 0 Å².